The molecule has 2 amide bonds. The van der Waals surface area contributed by atoms with Gasteiger partial charge in [-0.1, -0.05) is 24.9 Å². The number of ether oxygens (including phenoxy) is 1. The van der Waals surface area contributed by atoms with Gasteiger partial charge in [0.05, 0.1) is 5.56 Å². The Morgan fingerprint density at radius 3 is 2.79 bits per heavy atom. The van der Waals surface area contributed by atoms with E-state index in [2.05, 4.69) is 17.6 Å². The van der Waals surface area contributed by atoms with Crippen molar-refractivity contribution in [3.63, 3.8) is 0 Å². The quantitative estimate of drug-likeness (QED) is 0.565. The van der Waals surface area contributed by atoms with Crippen LogP contribution in [0, 0.1) is 6.92 Å². The van der Waals surface area contributed by atoms with Gasteiger partial charge in [0.1, 0.15) is 10.8 Å². The standard InChI is InChI=1S/C22H27ClN2O3S/c1-3-4-11-24-21(27)20-16-7-5-6-8-18(16)29-22(20)25-19(26)13-28-17-10-9-15(23)12-14(17)2/h9-10,12H,3-8,11,13H2,1-2H3,(H,24,27)(H,25,26). The minimum absolute atomic E-state index is 0.0948. The van der Waals surface area contributed by atoms with Gasteiger partial charge in [-0.3, -0.25) is 9.59 Å². The Morgan fingerprint density at radius 1 is 1.24 bits per heavy atom. The van der Waals surface area contributed by atoms with Gasteiger partial charge >= 0.3 is 0 Å². The highest BCUT2D eigenvalue weighted by Crippen LogP contribution is 2.38. The molecule has 1 aliphatic carbocycles. The fraction of sp³-hybridized carbons (Fsp3) is 0.455. The number of amides is 2. The number of benzene rings is 1. The number of thiophene rings is 1. The number of rotatable bonds is 8. The van der Waals surface area contributed by atoms with Crippen molar-refractivity contribution in [1.82, 2.24) is 5.32 Å². The largest absolute Gasteiger partial charge is 0.483 e. The average molecular weight is 435 g/mol. The third-order valence-electron chi connectivity index (χ3n) is 4.96. The zero-order chi connectivity index (χ0) is 20.8. The highest BCUT2D eigenvalue weighted by Gasteiger charge is 2.26. The van der Waals surface area contributed by atoms with Crippen LogP contribution in [-0.2, 0) is 17.6 Å². The first-order chi connectivity index (χ1) is 14.0. The van der Waals surface area contributed by atoms with Crippen LogP contribution in [0.25, 0.3) is 0 Å². The van der Waals surface area contributed by atoms with E-state index in [0.717, 1.165) is 49.7 Å². The molecule has 0 unspecified atom stereocenters. The van der Waals surface area contributed by atoms with Gasteiger partial charge < -0.3 is 15.4 Å². The van der Waals surface area contributed by atoms with Crippen LogP contribution in [0.15, 0.2) is 18.2 Å². The average Bonchev–Trinajstić information content (AvgIpc) is 3.05. The molecule has 156 valence electrons. The molecule has 1 aromatic carbocycles. The van der Waals surface area contributed by atoms with E-state index in [1.807, 2.05) is 6.92 Å². The van der Waals surface area contributed by atoms with Crippen LogP contribution in [0.5, 0.6) is 5.75 Å². The summed E-state index contributed by atoms with van der Waals surface area (Å²) in [5.41, 5.74) is 2.60. The molecule has 0 radical (unpaired) electrons. The Labute approximate surface area is 180 Å². The van der Waals surface area contributed by atoms with E-state index in [1.54, 1.807) is 18.2 Å². The molecule has 0 fully saturated rings. The Bertz CT molecular complexity index is 894. The summed E-state index contributed by atoms with van der Waals surface area (Å²) in [5, 5.41) is 7.16. The molecule has 2 aromatic rings. The van der Waals surface area contributed by atoms with Crippen LogP contribution in [0.1, 0.15) is 59.0 Å². The van der Waals surface area contributed by atoms with Crippen molar-refractivity contribution in [3.05, 3.63) is 44.8 Å². The van der Waals surface area contributed by atoms with Crippen molar-refractivity contribution in [1.29, 1.82) is 0 Å². The molecule has 5 nitrogen and oxygen atoms in total. The first-order valence-corrected chi connectivity index (χ1v) is 11.3. The second-order valence-electron chi connectivity index (χ2n) is 7.27. The van der Waals surface area contributed by atoms with Crippen molar-refractivity contribution in [3.8, 4) is 5.75 Å². The fourth-order valence-electron chi connectivity index (χ4n) is 3.44. The highest BCUT2D eigenvalue weighted by molar-refractivity contribution is 7.17. The summed E-state index contributed by atoms with van der Waals surface area (Å²) in [6.45, 7) is 4.49. The van der Waals surface area contributed by atoms with Gasteiger partial charge in [0, 0.05) is 16.4 Å². The number of fused-ring (bicyclic) bond motifs is 1. The number of anilines is 1. The summed E-state index contributed by atoms with van der Waals surface area (Å²) in [4.78, 5) is 26.5. The van der Waals surface area contributed by atoms with Crippen LogP contribution in [-0.4, -0.2) is 25.0 Å². The predicted octanol–water partition coefficient (Wildman–Crippen LogP) is 5.14. The van der Waals surface area contributed by atoms with Crippen molar-refractivity contribution in [2.75, 3.05) is 18.5 Å². The molecule has 0 saturated carbocycles. The molecule has 2 N–H and O–H groups in total. The number of carbonyl (C=O) groups excluding carboxylic acids is 2. The molecule has 0 aliphatic heterocycles. The highest BCUT2D eigenvalue weighted by atomic mass is 35.5. The SMILES string of the molecule is CCCCNC(=O)c1c(NC(=O)COc2ccc(Cl)cc2C)sc2c1CCCC2. The second kappa shape index (κ2) is 10.1. The molecule has 0 spiro atoms. The topological polar surface area (TPSA) is 67.4 Å². The van der Waals surface area contributed by atoms with Crippen LogP contribution in [0.4, 0.5) is 5.00 Å². The predicted molar refractivity (Wildman–Crippen MR) is 119 cm³/mol. The lowest BCUT2D eigenvalue weighted by atomic mass is 9.95. The van der Waals surface area contributed by atoms with Crippen LogP contribution < -0.4 is 15.4 Å². The third-order valence-corrected chi connectivity index (χ3v) is 6.41. The molecule has 1 aromatic heterocycles. The number of hydrogen-bond donors (Lipinski definition) is 2. The Hall–Kier alpha value is -2.05. The molecule has 0 bridgehead atoms. The van der Waals surface area contributed by atoms with Gasteiger partial charge in [-0.05, 0) is 68.4 Å². The summed E-state index contributed by atoms with van der Waals surface area (Å²) in [5.74, 6) is 0.246. The summed E-state index contributed by atoms with van der Waals surface area (Å²) in [7, 11) is 0. The number of nitrogens with one attached hydrogen (secondary N) is 2. The molecule has 1 aliphatic rings. The zero-order valence-corrected chi connectivity index (χ0v) is 18.5. The first-order valence-electron chi connectivity index (χ1n) is 10.1. The molecule has 7 heteroatoms. The van der Waals surface area contributed by atoms with E-state index in [4.69, 9.17) is 16.3 Å². The lowest BCUT2D eigenvalue weighted by molar-refractivity contribution is -0.118. The molecule has 1 heterocycles. The third kappa shape index (κ3) is 5.52. The normalized spacial score (nSPS) is 12.9. The van der Waals surface area contributed by atoms with Crippen molar-refractivity contribution in [2.45, 2.75) is 52.4 Å². The summed E-state index contributed by atoms with van der Waals surface area (Å²) < 4.78 is 5.64. The Balaban J connectivity index is 1.71. The fourth-order valence-corrected chi connectivity index (χ4v) is 4.97. The molecule has 0 atom stereocenters. The van der Waals surface area contributed by atoms with Crippen molar-refractivity contribution in [2.24, 2.45) is 0 Å². The maximum Gasteiger partial charge on any atom is 0.262 e. The number of hydrogen-bond acceptors (Lipinski definition) is 4. The number of aryl methyl sites for hydroxylation is 2. The lowest BCUT2D eigenvalue weighted by Crippen LogP contribution is -2.27. The number of halogens is 1. The molecule has 3 rings (SSSR count). The minimum Gasteiger partial charge on any atom is -0.483 e. The lowest BCUT2D eigenvalue weighted by Gasteiger charge is -2.13. The van der Waals surface area contributed by atoms with Crippen LogP contribution in [0.2, 0.25) is 5.02 Å². The Morgan fingerprint density at radius 2 is 2.03 bits per heavy atom. The summed E-state index contributed by atoms with van der Waals surface area (Å²) >= 11 is 7.48. The van der Waals surface area contributed by atoms with E-state index in [1.165, 1.54) is 16.2 Å². The van der Waals surface area contributed by atoms with Crippen molar-refractivity contribution < 1.29 is 14.3 Å². The maximum atomic E-state index is 12.8. The van der Waals surface area contributed by atoms with E-state index in [0.29, 0.717) is 27.9 Å². The van der Waals surface area contributed by atoms with Crippen LogP contribution >= 0.6 is 22.9 Å². The summed E-state index contributed by atoms with van der Waals surface area (Å²) in [6, 6.07) is 5.27. The maximum absolute atomic E-state index is 12.8. The molecular weight excluding hydrogens is 408 g/mol. The van der Waals surface area contributed by atoms with E-state index >= 15 is 0 Å². The molecule has 29 heavy (non-hydrogen) atoms. The number of unbranched alkanes of at least 4 members (excludes halogenated alkanes) is 1. The minimum atomic E-state index is -0.277. The van der Waals surface area contributed by atoms with Crippen molar-refractivity contribution >= 4 is 39.8 Å². The number of carbonyl (C=O) groups is 2. The molecule has 0 saturated heterocycles. The zero-order valence-electron chi connectivity index (χ0n) is 16.9. The van der Waals surface area contributed by atoms with Gasteiger partial charge in [0.2, 0.25) is 0 Å². The smallest absolute Gasteiger partial charge is 0.262 e. The van der Waals surface area contributed by atoms with Gasteiger partial charge in [0.25, 0.3) is 11.8 Å². The van der Waals surface area contributed by atoms with E-state index < -0.39 is 0 Å². The first kappa shape index (κ1) is 21.7. The Kier molecular flexibility index (Phi) is 7.56. The van der Waals surface area contributed by atoms with E-state index in [-0.39, 0.29) is 18.4 Å². The monoisotopic (exact) mass is 434 g/mol. The van der Waals surface area contributed by atoms with E-state index in [9.17, 15) is 9.59 Å². The van der Waals surface area contributed by atoms with Gasteiger partial charge in [-0.15, -0.1) is 11.3 Å². The van der Waals surface area contributed by atoms with Gasteiger partial charge in [-0.25, -0.2) is 0 Å². The molecular formula is C22H27ClN2O3S. The van der Waals surface area contributed by atoms with Gasteiger partial charge in [0.15, 0.2) is 6.61 Å². The van der Waals surface area contributed by atoms with Gasteiger partial charge in [-0.2, -0.15) is 0 Å². The summed E-state index contributed by atoms with van der Waals surface area (Å²) in [6.07, 6.45) is 6.01. The second-order valence-corrected chi connectivity index (χ2v) is 8.81. The van der Waals surface area contributed by atoms with Crippen LogP contribution in [0.3, 0.4) is 0 Å².